The van der Waals surface area contributed by atoms with Crippen LogP contribution in [0.2, 0.25) is 0 Å². The molecule has 2 unspecified atom stereocenters. The zero-order chi connectivity index (χ0) is 15.4. The summed E-state index contributed by atoms with van der Waals surface area (Å²) in [5, 5.41) is 11.6. The minimum absolute atomic E-state index is 0.292. The number of rotatable bonds is 5. The second kappa shape index (κ2) is 6.69. The summed E-state index contributed by atoms with van der Waals surface area (Å²) in [6.07, 6.45) is -0.757. The quantitative estimate of drug-likeness (QED) is 0.855. The number of carbonyl (C=O) groups is 2. The van der Waals surface area contributed by atoms with E-state index in [4.69, 9.17) is 9.84 Å². The Hall–Kier alpha value is -1.92. The molecule has 1 aromatic carbocycles. The Morgan fingerprint density at radius 1 is 1.24 bits per heavy atom. The number of carboxylic acid groups (broad SMARTS) is 1. The topological polar surface area (TPSA) is 78.9 Å². The number of nitrogens with zero attached hydrogens (tertiary/aromatic N) is 1. The summed E-state index contributed by atoms with van der Waals surface area (Å²) in [4.78, 5) is 24.9. The van der Waals surface area contributed by atoms with Crippen molar-refractivity contribution < 1.29 is 19.4 Å². The van der Waals surface area contributed by atoms with Gasteiger partial charge in [-0.05, 0) is 44.6 Å². The average Bonchev–Trinajstić information content (AvgIpc) is 2.90. The van der Waals surface area contributed by atoms with Crippen LogP contribution in [-0.4, -0.2) is 48.2 Å². The molecule has 1 heterocycles. The van der Waals surface area contributed by atoms with Crippen molar-refractivity contribution in [3.05, 3.63) is 29.8 Å². The molecule has 1 aliphatic rings. The Balaban J connectivity index is 1.89. The Kier molecular flexibility index (Phi) is 4.93. The van der Waals surface area contributed by atoms with Crippen molar-refractivity contribution in [2.24, 2.45) is 0 Å². The van der Waals surface area contributed by atoms with Crippen molar-refractivity contribution in [2.45, 2.75) is 31.6 Å². The Morgan fingerprint density at radius 3 is 2.38 bits per heavy atom. The summed E-state index contributed by atoms with van der Waals surface area (Å²) in [7, 11) is 3.98. The lowest BCUT2D eigenvalue weighted by atomic mass is 10.1. The van der Waals surface area contributed by atoms with Crippen molar-refractivity contribution in [3.63, 3.8) is 0 Å². The van der Waals surface area contributed by atoms with Crippen LogP contribution in [0.5, 0.6) is 0 Å². The van der Waals surface area contributed by atoms with Gasteiger partial charge in [-0.1, -0.05) is 12.1 Å². The molecule has 0 bridgehead atoms. The molecule has 2 atom stereocenters. The molecule has 0 saturated carbocycles. The molecule has 0 spiro atoms. The van der Waals surface area contributed by atoms with Crippen molar-refractivity contribution in [3.8, 4) is 0 Å². The first-order chi connectivity index (χ1) is 9.95. The maximum Gasteiger partial charge on any atom is 0.332 e. The maximum atomic E-state index is 12.0. The van der Waals surface area contributed by atoms with E-state index < -0.39 is 18.2 Å². The Bertz CT molecular complexity index is 513. The van der Waals surface area contributed by atoms with E-state index >= 15 is 0 Å². The van der Waals surface area contributed by atoms with Gasteiger partial charge in [-0.25, -0.2) is 4.79 Å². The summed E-state index contributed by atoms with van der Waals surface area (Å²) in [6, 6.07) is 7.57. The standard InChI is InChI=1S/C15H20N2O4/c1-17(2)9-10-3-5-11(6-4-10)16-14(18)12-7-8-13(21-12)15(19)20/h3-6,12-13H,7-9H2,1-2H3,(H,16,18)(H,19,20). The first kappa shape index (κ1) is 15.5. The Morgan fingerprint density at radius 2 is 1.86 bits per heavy atom. The van der Waals surface area contributed by atoms with E-state index in [-0.39, 0.29) is 5.91 Å². The molecule has 2 rings (SSSR count). The number of benzene rings is 1. The van der Waals surface area contributed by atoms with Crippen LogP contribution < -0.4 is 5.32 Å². The highest BCUT2D eigenvalue weighted by Gasteiger charge is 2.34. The van der Waals surface area contributed by atoms with E-state index in [2.05, 4.69) is 10.2 Å². The smallest absolute Gasteiger partial charge is 0.332 e. The van der Waals surface area contributed by atoms with E-state index in [1.165, 1.54) is 0 Å². The highest BCUT2D eigenvalue weighted by molar-refractivity contribution is 5.94. The highest BCUT2D eigenvalue weighted by atomic mass is 16.5. The third-order valence-electron chi connectivity index (χ3n) is 3.31. The number of carbonyl (C=O) groups excluding carboxylic acids is 1. The van der Waals surface area contributed by atoms with Gasteiger partial charge >= 0.3 is 5.97 Å². The van der Waals surface area contributed by atoms with E-state index in [0.717, 1.165) is 12.1 Å². The molecular formula is C15H20N2O4. The third-order valence-corrected chi connectivity index (χ3v) is 3.31. The van der Waals surface area contributed by atoms with Gasteiger partial charge in [0.2, 0.25) is 0 Å². The molecular weight excluding hydrogens is 272 g/mol. The minimum atomic E-state index is -1.02. The first-order valence-corrected chi connectivity index (χ1v) is 6.88. The van der Waals surface area contributed by atoms with Gasteiger partial charge in [-0.15, -0.1) is 0 Å². The molecule has 1 amide bonds. The second-order valence-electron chi connectivity index (χ2n) is 5.45. The molecule has 1 fully saturated rings. The van der Waals surface area contributed by atoms with Gasteiger partial charge in [0, 0.05) is 12.2 Å². The van der Waals surface area contributed by atoms with Gasteiger partial charge in [-0.3, -0.25) is 4.79 Å². The molecule has 1 aliphatic heterocycles. The van der Waals surface area contributed by atoms with Crippen molar-refractivity contribution >= 4 is 17.6 Å². The fraction of sp³-hybridized carbons (Fsp3) is 0.467. The largest absolute Gasteiger partial charge is 0.479 e. The zero-order valence-electron chi connectivity index (χ0n) is 12.2. The summed E-state index contributed by atoms with van der Waals surface area (Å²) in [5.41, 5.74) is 1.84. The number of hydrogen-bond donors (Lipinski definition) is 2. The predicted octanol–water partition coefficient (Wildman–Crippen LogP) is 1.32. The molecule has 1 saturated heterocycles. The van der Waals surface area contributed by atoms with E-state index in [0.29, 0.717) is 18.5 Å². The normalized spacial score (nSPS) is 21.5. The molecule has 0 aliphatic carbocycles. The van der Waals surface area contributed by atoms with Crippen LogP contribution in [0.3, 0.4) is 0 Å². The fourth-order valence-corrected chi connectivity index (χ4v) is 2.29. The van der Waals surface area contributed by atoms with Gasteiger partial charge in [0.25, 0.3) is 5.91 Å². The summed E-state index contributed by atoms with van der Waals surface area (Å²) in [6.45, 7) is 0.834. The highest BCUT2D eigenvalue weighted by Crippen LogP contribution is 2.21. The van der Waals surface area contributed by atoms with Crippen LogP contribution in [0.25, 0.3) is 0 Å². The number of hydrogen-bond acceptors (Lipinski definition) is 4. The number of anilines is 1. The second-order valence-corrected chi connectivity index (χ2v) is 5.45. The van der Waals surface area contributed by atoms with E-state index in [1.807, 2.05) is 38.4 Å². The third kappa shape index (κ3) is 4.27. The predicted molar refractivity (Wildman–Crippen MR) is 78.0 cm³/mol. The molecule has 0 aromatic heterocycles. The van der Waals surface area contributed by atoms with Gasteiger partial charge in [-0.2, -0.15) is 0 Å². The van der Waals surface area contributed by atoms with Crippen LogP contribution in [0.4, 0.5) is 5.69 Å². The van der Waals surface area contributed by atoms with Gasteiger partial charge in [0.1, 0.15) is 6.10 Å². The van der Waals surface area contributed by atoms with Crippen LogP contribution in [-0.2, 0) is 20.9 Å². The molecule has 6 nitrogen and oxygen atoms in total. The van der Waals surface area contributed by atoms with E-state index in [1.54, 1.807) is 0 Å². The van der Waals surface area contributed by atoms with E-state index in [9.17, 15) is 9.59 Å². The summed E-state index contributed by atoms with van der Waals surface area (Å²) >= 11 is 0. The van der Waals surface area contributed by atoms with Crippen molar-refractivity contribution in [2.75, 3.05) is 19.4 Å². The molecule has 0 radical (unpaired) electrons. The maximum absolute atomic E-state index is 12.0. The first-order valence-electron chi connectivity index (χ1n) is 6.88. The Labute approximate surface area is 123 Å². The summed E-state index contributed by atoms with van der Waals surface area (Å²) < 4.78 is 5.21. The van der Waals surface area contributed by atoms with Crippen LogP contribution in [0, 0.1) is 0 Å². The van der Waals surface area contributed by atoms with Crippen LogP contribution >= 0.6 is 0 Å². The SMILES string of the molecule is CN(C)Cc1ccc(NC(=O)C2CCC(C(=O)O)O2)cc1. The lowest BCUT2D eigenvalue weighted by Crippen LogP contribution is -2.29. The van der Waals surface area contributed by atoms with Crippen molar-refractivity contribution in [1.29, 1.82) is 0 Å². The molecule has 1 aromatic rings. The molecule has 21 heavy (non-hydrogen) atoms. The van der Waals surface area contributed by atoms with Gasteiger partial charge in [0.05, 0.1) is 0 Å². The van der Waals surface area contributed by atoms with Gasteiger partial charge < -0.3 is 20.1 Å². The number of ether oxygens (including phenoxy) is 1. The van der Waals surface area contributed by atoms with Crippen molar-refractivity contribution in [1.82, 2.24) is 4.90 Å². The van der Waals surface area contributed by atoms with Crippen LogP contribution in [0.1, 0.15) is 18.4 Å². The lowest BCUT2D eigenvalue weighted by Gasteiger charge is -2.13. The number of carboxylic acids is 1. The monoisotopic (exact) mass is 292 g/mol. The number of amides is 1. The number of nitrogens with one attached hydrogen (secondary N) is 1. The van der Waals surface area contributed by atoms with Crippen LogP contribution in [0.15, 0.2) is 24.3 Å². The fourth-order valence-electron chi connectivity index (χ4n) is 2.29. The molecule has 6 heteroatoms. The molecule has 114 valence electrons. The zero-order valence-corrected chi connectivity index (χ0v) is 12.2. The number of aliphatic carboxylic acids is 1. The molecule has 2 N–H and O–H groups in total. The van der Waals surface area contributed by atoms with Gasteiger partial charge in [0.15, 0.2) is 6.10 Å². The summed E-state index contributed by atoms with van der Waals surface area (Å²) in [5.74, 6) is -1.31. The lowest BCUT2D eigenvalue weighted by molar-refractivity contribution is -0.150. The average molecular weight is 292 g/mol. The minimum Gasteiger partial charge on any atom is -0.479 e.